The lowest BCUT2D eigenvalue weighted by atomic mass is 9.95. The third kappa shape index (κ3) is 4.08. The van der Waals surface area contributed by atoms with Gasteiger partial charge in [0, 0.05) is 24.2 Å². The molecule has 1 aromatic carbocycles. The van der Waals surface area contributed by atoms with Crippen molar-refractivity contribution in [2.45, 2.75) is 38.8 Å². The number of aromatic nitrogens is 2. The number of carbonyl (C=O) groups is 2. The molecule has 0 fully saturated rings. The standard InChI is InChI=1S/C20H24F2N4O3/c1-4-11(2)16(19(27)29-3)25-20(28)26-8-7-15-17(24-10-23-15)18(26)13-9-12(21)5-6-14(13)22/h5-6,9-11,16,18H,4,7-8H2,1-3H3,(H,23,24)(H,25,28)/t11-,16+,18+/m0/s1. The summed E-state index contributed by atoms with van der Waals surface area (Å²) in [6, 6.07) is 0.776. The second-order valence-corrected chi connectivity index (χ2v) is 7.11. The highest BCUT2D eigenvalue weighted by Crippen LogP contribution is 2.35. The zero-order valence-electron chi connectivity index (χ0n) is 16.5. The molecule has 2 N–H and O–H groups in total. The summed E-state index contributed by atoms with van der Waals surface area (Å²) in [5.41, 5.74) is 1.22. The van der Waals surface area contributed by atoms with Gasteiger partial charge in [0.2, 0.25) is 0 Å². The van der Waals surface area contributed by atoms with Gasteiger partial charge in [-0.1, -0.05) is 20.3 Å². The van der Waals surface area contributed by atoms with Crippen molar-refractivity contribution in [2.75, 3.05) is 13.7 Å². The Balaban J connectivity index is 1.97. The predicted molar refractivity (Wildman–Crippen MR) is 101 cm³/mol. The summed E-state index contributed by atoms with van der Waals surface area (Å²) in [5.74, 6) is -1.98. The highest BCUT2D eigenvalue weighted by molar-refractivity contribution is 5.84. The number of methoxy groups -OCH3 is 1. The number of nitrogens with one attached hydrogen (secondary N) is 2. The minimum absolute atomic E-state index is 0.00589. The first-order valence-electron chi connectivity index (χ1n) is 9.49. The molecule has 156 valence electrons. The van der Waals surface area contributed by atoms with Crippen LogP contribution in [0.4, 0.5) is 13.6 Å². The fourth-order valence-electron chi connectivity index (χ4n) is 3.55. The maximum absolute atomic E-state index is 14.6. The van der Waals surface area contributed by atoms with Crippen LogP contribution in [0, 0.1) is 17.6 Å². The number of benzene rings is 1. The Morgan fingerprint density at radius 3 is 2.86 bits per heavy atom. The molecule has 1 aromatic heterocycles. The average Bonchev–Trinajstić information content (AvgIpc) is 3.20. The van der Waals surface area contributed by atoms with E-state index >= 15 is 0 Å². The third-order valence-corrected chi connectivity index (χ3v) is 5.39. The molecule has 0 saturated heterocycles. The third-order valence-electron chi connectivity index (χ3n) is 5.39. The highest BCUT2D eigenvalue weighted by Gasteiger charge is 2.38. The smallest absolute Gasteiger partial charge is 0.328 e. The molecule has 0 bridgehead atoms. The summed E-state index contributed by atoms with van der Waals surface area (Å²) >= 11 is 0. The van der Waals surface area contributed by atoms with E-state index in [4.69, 9.17) is 4.74 Å². The normalized spacial score (nSPS) is 18.0. The van der Waals surface area contributed by atoms with Gasteiger partial charge >= 0.3 is 12.0 Å². The first-order valence-corrected chi connectivity index (χ1v) is 9.49. The number of halogens is 2. The number of H-pyrrole nitrogens is 1. The van der Waals surface area contributed by atoms with Crippen LogP contribution < -0.4 is 5.32 Å². The van der Waals surface area contributed by atoms with Crippen molar-refractivity contribution in [3.63, 3.8) is 0 Å². The van der Waals surface area contributed by atoms with E-state index < -0.39 is 35.7 Å². The SMILES string of the molecule is CC[C@H](C)[C@@H](NC(=O)N1CCc2[nH]cnc2[C@H]1c1cc(F)ccc1F)C(=O)OC. The monoisotopic (exact) mass is 406 g/mol. The molecule has 0 spiro atoms. The molecule has 0 aliphatic carbocycles. The quantitative estimate of drug-likeness (QED) is 0.748. The maximum Gasteiger partial charge on any atom is 0.328 e. The zero-order valence-corrected chi connectivity index (χ0v) is 16.5. The van der Waals surface area contributed by atoms with Crippen LogP contribution in [-0.2, 0) is 16.0 Å². The molecule has 29 heavy (non-hydrogen) atoms. The number of rotatable bonds is 5. The van der Waals surface area contributed by atoms with Gasteiger partial charge in [-0.15, -0.1) is 0 Å². The van der Waals surface area contributed by atoms with E-state index in [9.17, 15) is 18.4 Å². The maximum atomic E-state index is 14.6. The van der Waals surface area contributed by atoms with Gasteiger partial charge in [-0.2, -0.15) is 0 Å². The number of aromatic amines is 1. The van der Waals surface area contributed by atoms with Gasteiger partial charge in [0.05, 0.1) is 19.1 Å². The summed E-state index contributed by atoms with van der Waals surface area (Å²) < 4.78 is 33.3. The van der Waals surface area contributed by atoms with Crippen LogP contribution in [-0.4, -0.2) is 46.6 Å². The Bertz CT molecular complexity index is 902. The van der Waals surface area contributed by atoms with Gasteiger partial charge in [0.15, 0.2) is 0 Å². The van der Waals surface area contributed by atoms with Crippen molar-refractivity contribution in [2.24, 2.45) is 5.92 Å². The van der Waals surface area contributed by atoms with Gasteiger partial charge in [-0.05, 0) is 24.1 Å². The summed E-state index contributed by atoms with van der Waals surface area (Å²) in [4.78, 5) is 33.9. The molecule has 2 heterocycles. The van der Waals surface area contributed by atoms with Crippen LogP contribution in [0.3, 0.4) is 0 Å². The number of nitrogens with zero attached hydrogens (tertiary/aromatic N) is 2. The predicted octanol–water partition coefficient (Wildman–Crippen LogP) is 2.93. The fraction of sp³-hybridized carbons (Fsp3) is 0.450. The average molecular weight is 406 g/mol. The zero-order chi connectivity index (χ0) is 21.1. The number of ether oxygens (including phenoxy) is 1. The van der Waals surface area contributed by atoms with E-state index in [-0.39, 0.29) is 18.0 Å². The van der Waals surface area contributed by atoms with E-state index in [1.807, 2.05) is 13.8 Å². The molecule has 3 atom stereocenters. The van der Waals surface area contributed by atoms with Gasteiger partial charge in [0.1, 0.15) is 23.7 Å². The molecule has 9 heteroatoms. The summed E-state index contributed by atoms with van der Waals surface area (Å²) in [7, 11) is 1.26. The Kier molecular flexibility index (Phi) is 6.14. The molecule has 0 radical (unpaired) electrons. The molecule has 2 aromatic rings. The first kappa shape index (κ1) is 20.8. The molecular weight excluding hydrogens is 382 g/mol. The van der Waals surface area contributed by atoms with Crippen molar-refractivity contribution in [3.05, 3.63) is 53.1 Å². The second-order valence-electron chi connectivity index (χ2n) is 7.11. The van der Waals surface area contributed by atoms with Crippen LogP contribution in [0.1, 0.15) is 43.3 Å². The van der Waals surface area contributed by atoms with Crippen LogP contribution in [0.25, 0.3) is 0 Å². The fourth-order valence-corrected chi connectivity index (χ4v) is 3.55. The van der Waals surface area contributed by atoms with E-state index in [1.165, 1.54) is 18.3 Å². The number of esters is 1. The van der Waals surface area contributed by atoms with Gasteiger partial charge in [0.25, 0.3) is 0 Å². The molecule has 2 amide bonds. The minimum atomic E-state index is -0.920. The van der Waals surface area contributed by atoms with Crippen molar-refractivity contribution in [3.8, 4) is 0 Å². The molecular formula is C20H24F2N4O3. The van der Waals surface area contributed by atoms with Crippen LogP contribution >= 0.6 is 0 Å². The van der Waals surface area contributed by atoms with E-state index in [1.54, 1.807) is 0 Å². The van der Waals surface area contributed by atoms with E-state index in [0.29, 0.717) is 18.5 Å². The molecule has 1 aliphatic rings. The number of fused-ring (bicyclic) bond motifs is 1. The number of carbonyl (C=O) groups excluding carboxylic acids is 2. The van der Waals surface area contributed by atoms with E-state index in [2.05, 4.69) is 15.3 Å². The lowest BCUT2D eigenvalue weighted by molar-refractivity contribution is -0.144. The molecule has 0 unspecified atom stereocenters. The van der Waals surface area contributed by atoms with Crippen molar-refractivity contribution < 1.29 is 23.1 Å². The summed E-state index contributed by atoms with van der Waals surface area (Å²) in [6.07, 6.45) is 2.58. The molecule has 0 saturated carbocycles. The number of urea groups is 1. The van der Waals surface area contributed by atoms with E-state index in [0.717, 1.165) is 23.9 Å². The molecule has 7 nitrogen and oxygen atoms in total. The lowest BCUT2D eigenvalue weighted by Gasteiger charge is -2.36. The number of imidazole rings is 1. The van der Waals surface area contributed by atoms with Crippen molar-refractivity contribution >= 4 is 12.0 Å². The topological polar surface area (TPSA) is 87.3 Å². The Labute approximate surface area is 167 Å². The second kappa shape index (κ2) is 8.59. The lowest BCUT2D eigenvalue weighted by Crippen LogP contribution is -2.53. The summed E-state index contributed by atoms with van der Waals surface area (Å²) in [5, 5.41) is 2.70. The van der Waals surface area contributed by atoms with Crippen LogP contribution in [0.2, 0.25) is 0 Å². The molecule has 1 aliphatic heterocycles. The molecule has 3 rings (SSSR count). The Morgan fingerprint density at radius 2 is 2.17 bits per heavy atom. The van der Waals surface area contributed by atoms with Crippen molar-refractivity contribution in [1.82, 2.24) is 20.2 Å². The number of hydrogen-bond donors (Lipinski definition) is 2. The Hall–Kier alpha value is -2.97. The number of hydrogen-bond acceptors (Lipinski definition) is 4. The van der Waals surface area contributed by atoms with Crippen molar-refractivity contribution in [1.29, 1.82) is 0 Å². The van der Waals surface area contributed by atoms with Gasteiger partial charge in [-0.3, -0.25) is 0 Å². The highest BCUT2D eigenvalue weighted by atomic mass is 19.1. The first-order chi connectivity index (χ1) is 13.9. The minimum Gasteiger partial charge on any atom is -0.467 e. The van der Waals surface area contributed by atoms with Gasteiger partial charge < -0.3 is 19.9 Å². The summed E-state index contributed by atoms with van der Waals surface area (Å²) in [6.45, 7) is 3.97. The number of amides is 2. The largest absolute Gasteiger partial charge is 0.467 e. The van der Waals surface area contributed by atoms with Crippen LogP contribution in [0.15, 0.2) is 24.5 Å². The van der Waals surface area contributed by atoms with Gasteiger partial charge in [-0.25, -0.2) is 23.4 Å². The Morgan fingerprint density at radius 1 is 1.41 bits per heavy atom. The van der Waals surface area contributed by atoms with Crippen LogP contribution in [0.5, 0.6) is 0 Å².